The third-order valence-corrected chi connectivity index (χ3v) is 3.36. The van der Waals surface area contributed by atoms with E-state index in [9.17, 15) is 4.79 Å². The third kappa shape index (κ3) is 5.11. The summed E-state index contributed by atoms with van der Waals surface area (Å²) in [7, 11) is 1.55. The number of rotatable bonds is 8. The Labute approximate surface area is 121 Å². The number of ether oxygens (including phenoxy) is 1. The molecule has 1 rings (SSSR count). The fourth-order valence-corrected chi connectivity index (χ4v) is 2.11. The molecule has 0 heterocycles. The van der Waals surface area contributed by atoms with Gasteiger partial charge in [0.25, 0.3) is 5.91 Å². The van der Waals surface area contributed by atoms with E-state index in [2.05, 4.69) is 12.2 Å². The molecular formula is C16H26N2O2. The quantitative estimate of drug-likeness (QED) is 0.566. The highest BCUT2D eigenvalue weighted by Crippen LogP contribution is 2.22. The zero-order chi connectivity index (χ0) is 15.0. The highest BCUT2D eigenvalue weighted by atomic mass is 16.5. The van der Waals surface area contributed by atoms with Crippen molar-refractivity contribution in [3.63, 3.8) is 0 Å². The maximum Gasteiger partial charge on any atom is 0.251 e. The van der Waals surface area contributed by atoms with Crippen molar-refractivity contribution < 1.29 is 9.53 Å². The molecule has 1 aromatic carbocycles. The van der Waals surface area contributed by atoms with E-state index in [0.717, 1.165) is 12.8 Å². The van der Waals surface area contributed by atoms with Gasteiger partial charge in [-0.05, 0) is 31.5 Å². The second kappa shape index (κ2) is 8.46. The number of methoxy groups -OCH3 is 1. The molecule has 1 unspecified atom stereocenters. The molecule has 0 aromatic heterocycles. The molecule has 0 aliphatic carbocycles. The van der Waals surface area contributed by atoms with E-state index in [1.54, 1.807) is 25.3 Å². The standard InChI is InChI=1S/C16H26N2O2/c1-4-5-6-7-8-12(2)18-16(19)13-9-10-14(17)15(11-13)20-3/h9-12H,4-8,17H2,1-3H3,(H,18,19). The predicted octanol–water partition coefficient (Wildman–Crippen LogP) is 3.37. The maximum atomic E-state index is 12.1. The Balaban J connectivity index is 2.49. The van der Waals surface area contributed by atoms with Crippen LogP contribution in [0.2, 0.25) is 0 Å². The Hall–Kier alpha value is -1.71. The first kappa shape index (κ1) is 16.3. The molecule has 0 saturated carbocycles. The van der Waals surface area contributed by atoms with Crippen molar-refractivity contribution in [1.29, 1.82) is 0 Å². The molecule has 0 spiro atoms. The van der Waals surface area contributed by atoms with Gasteiger partial charge in [-0.15, -0.1) is 0 Å². The average Bonchev–Trinajstić information content (AvgIpc) is 2.44. The third-order valence-electron chi connectivity index (χ3n) is 3.36. The highest BCUT2D eigenvalue weighted by molar-refractivity contribution is 5.95. The van der Waals surface area contributed by atoms with Gasteiger partial charge in [0.2, 0.25) is 0 Å². The molecule has 1 aromatic rings. The van der Waals surface area contributed by atoms with E-state index in [1.807, 2.05) is 6.92 Å². The normalized spacial score (nSPS) is 11.9. The topological polar surface area (TPSA) is 64.4 Å². The number of nitrogens with two attached hydrogens (primary N) is 1. The smallest absolute Gasteiger partial charge is 0.251 e. The van der Waals surface area contributed by atoms with E-state index in [4.69, 9.17) is 10.5 Å². The lowest BCUT2D eigenvalue weighted by atomic mass is 10.1. The molecule has 0 saturated heterocycles. The van der Waals surface area contributed by atoms with Crippen molar-refractivity contribution in [3.05, 3.63) is 23.8 Å². The fourth-order valence-electron chi connectivity index (χ4n) is 2.11. The van der Waals surface area contributed by atoms with Crippen LogP contribution in [-0.4, -0.2) is 19.1 Å². The molecular weight excluding hydrogens is 252 g/mol. The number of amides is 1. The summed E-state index contributed by atoms with van der Waals surface area (Å²) in [6, 6.07) is 5.27. The van der Waals surface area contributed by atoms with Crippen molar-refractivity contribution in [2.75, 3.05) is 12.8 Å². The number of benzene rings is 1. The summed E-state index contributed by atoms with van der Waals surface area (Å²) in [6.45, 7) is 4.23. The lowest BCUT2D eigenvalue weighted by molar-refractivity contribution is 0.0937. The summed E-state index contributed by atoms with van der Waals surface area (Å²) in [6.07, 6.45) is 5.88. The van der Waals surface area contributed by atoms with Crippen molar-refractivity contribution >= 4 is 11.6 Å². The lowest BCUT2D eigenvalue weighted by Crippen LogP contribution is -2.32. The van der Waals surface area contributed by atoms with Crippen molar-refractivity contribution in [1.82, 2.24) is 5.32 Å². The predicted molar refractivity (Wildman–Crippen MR) is 83.1 cm³/mol. The van der Waals surface area contributed by atoms with Crippen molar-refractivity contribution in [3.8, 4) is 5.75 Å². The van der Waals surface area contributed by atoms with Gasteiger partial charge in [-0.25, -0.2) is 0 Å². The van der Waals surface area contributed by atoms with Gasteiger partial charge in [0, 0.05) is 11.6 Å². The Bertz CT molecular complexity index is 432. The number of nitrogen functional groups attached to an aromatic ring is 1. The Morgan fingerprint density at radius 3 is 2.75 bits per heavy atom. The first-order valence-electron chi connectivity index (χ1n) is 7.32. The summed E-state index contributed by atoms with van der Waals surface area (Å²) in [5, 5.41) is 3.01. The van der Waals surface area contributed by atoms with Crippen molar-refractivity contribution in [2.24, 2.45) is 0 Å². The fraction of sp³-hybridized carbons (Fsp3) is 0.562. The van der Waals surface area contributed by atoms with Gasteiger partial charge in [-0.3, -0.25) is 4.79 Å². The van der Waals surface area contributed by atoms with E-state index < -0.39 is 0 Å². The van der Waals surface area contributed by atoms with E-state index in [1.165, 1.54) is 19.3 Å². The molecule has 0 aliphatic rings. The van der Waals surface area contributed by atoms with E-state index >= 15 is 0 Å². The largest absolute Gasteiger partial charge is 0.495 e. The van der Waals surface area contributed by atoms with Crippen LogP contribution in [0, 0.1) is 0 Å². The molecule has 0 aliphatic heterocycles. The van der Waals surface area contributed by atoms with Crippen LogP contribution in [0.25, 0.3) is 0 Å². The summed E-state index contributed by atoms with van der Waals surface area (Å²) in [5.41, 5.74) is 6.86. The second-order valence-corrected chi connectivity index (χ2v) is 5.18. The average molecular weight is 278 g/mol. The Kier molecular flexibility index (Phi) is 6.91. The van der Waals surface area contributed by atoms with E-state index in [-0.39, 0.29) is 11.9 Å². The number of hydrogen-bond acceptors (Lipinski definition) is 3. The summed E-state index contributed by atoms with van der Waals surface area (Å²) < 4.78 is 5.13. The molecule has 0 bridgehead atoms. The van der Waals surface area contributed by atoms with Gasteiger partial charge in [0.15, 0.2) is 0 Å². The highest BCUT2D eigenvalue weighted by Gasteiger charge is 2.11. The zero-order valence-corrected chi connectivity index (χ0v) is 12.7. The number of carbonyl (C=O) groups excluding carboxylic acids is 1. The van der Waals surface area contributed by atoms with Gasteiger partial charge in [0.05, 0.1) is 12.8 Å². The van der Waals surface area contributed by atoms with Crippen LogP contribution in [0.5, 0.6) is 5.75 Å². The Morgan fingerprint density at radius 1 is 1.35 bits per heavy atom. The van der Waals surface area contributed by atoms with Crippen LogP contribution in [0.4, 0.5) is 5.69 Å². The molecule has 1 atom stereocenters. The van der Waals surface area contributed by atoms with E-state index in [0.29, 0.717) is 17.0 Å². The Morgan fingerprint density at radius 2 is 2.10 bits per heavy atom. The molecule has 4 heteroatoms. The van der Waals surface area contributed by atoms with Crippen LogP contribution in [0.1, 0.15) is 56.3 Å². The molecule has 0 fully saturated rings. The van der Waals surface area contributed by atoms with Gasteiger partial charge >= 0.3 is 0 Å². The van der Waals surface area contributed by atoms with Gasteiger partial charge in [0.1, 0.15) is 5.75 Å². The number of nitrogens with one attached hydrogen (secondary N) is 1. The maximum absolute atomic E-state index is 12.1. The SMILES string of the molecule is CCCCCCC(C)NC(=O)c1ccc(N)c(OC)c1. The number of carbonyl (C=O) groups is 1. The van der Waals surface area contributed by atoms with Crippen LogP contribution >= 0.6 is 0 Å². The number of unbranched alkanes of at least 4 members (excludes halogenated alkanes) is 3. The molecule has 4 nitrogen and oxygen atoms in total. The summed E-state index contributed by atoms with van der Waals surface area (Å²) >= 11 is 0. The van der Waals surface area contributed by atoms with Gasteiger partial charge in [-0.2, -0.15) is 0 Å². The number of hydrogen-bond donors (Lipinski definition) is 2. The molecule has 0 radical (unpaired) electrons. The van der Waals surface area contributed by atoms with Crippen LogP contribution in [-0.2, 0) is 0 Å². The first-order valence-corrected chi connectivity index (χ1v) is 7.32. The summed E-state index contributed by atoms with van der Waals surface area (Å²) in [4.78, 5) is 12.1. The molecule has 20 heavy (non-hydrogen) atoms. The lowest BCUT2D eigenvalue weighted by Gasteiger charge is -2.14. The zero-order valence-electron chi connectivity index (χ0n) is 12.7. The number of anilines is 1. The second-order valence-electron chi connectivity index (χ2n) is 5.18. The first-order chi connectivity index (χ1) is 9.58. The minimum absolute atomic E-state index is 0.0775. The summed E-state index contributed by atoms with van der Waals surface area (Å²) in [5.74, 6) is 0.458. The van der Waals surface area contributed by atoms with Crippen LogP contribution in [0.3, 0.4) is 0 Å². The molecule has 1 amide bonds. The monoisotopic (exact) mass is 278 g/mol. The minimum Gasteiger partial charge on any atom is -0.495 e. The van der Waals surface area contributed by atoms with Crippen LogP contribution < -0.4 is 15.8 Å². The van der Waals surface area contributed by atoms with Crippen molar-refractivity contribution in [2.45, 2.75) is 52.0 Å². The molecule has 3 N–H and O–H groups in total. The van der Waals surface area contributed by atoms with Crippen LogP contribution in [0.15, 0.2) is 18.2 Å². The van der Waals surface area contributed by atoms with Gasteiger partial charge < -0.3 is 15.8 Å². The molecule has 112 valence electrons. The minimum atomic E-state index is -0.0775. The van der Waals surface area contributed by atoms with Gasteiger partial charge in [-0.1, -0.05) is 32.6 Å².